The molecule has 0 fully saturated rings. The second kappa shape index (κ2) is 6.03. The van der Waals surface area contributed by atoms with Crippen molar-refractivity contribution in [2.24, 2.45) is 0 Å². The Morgan fingerprint density at radius 1 is 1.78 bits per heavy atom. The first kappa shape index (κ1) is 8.90. The molecular formula is C4H7O4S-. The van der Waals surface area contributed by atoms with Gasteiger partial charge in [-0.2, -0.15) is 4.33 Å². The third-order valence-corrected chi connectivity index (χ3v) is 1.14. The van der Waals surface area contributed by atoms with Crippen molar-refractivity contribution in [2.75, 3.05) is 5.75 Å². The molecule has 54 valence electrons. The lowest BCUT2D eigenvalue weighted by Crippen LogP contribution is -2.02. The maximum Gasteiger partial charge on any atom is 0.130 e. The van der Waals surface area contributed by atoms with Crippen LogP contribution in [0.4, 0.5) is 0 Å². The molecule has 0 spiro atoms. The van der Waals surface area contributed by atoms with E-state index >= 15 is 0 Å². The highest BCUT2D eigenvalue weighted by Crippen LogP contribution is 2.02. The monoisotopic (exact) mass is 151 g/mol. The summed E-state index contributed by atoms with van der Waals surface area (Å²) in [5.41, 5.74) is 0. The third kappa shape index (κ3) is 7.90. The van der Waals surface area contributed by atoms with E-state index in [9.17, 15) is 4.79 Å². The summed E-state index contributed by atoms with van der Waals surface area (Å²) >= 11 is 0.826. The van der Waals surface area contributed by atoms with Gasteiger partial charge in [-0.15, -0.1) is 0 Å². The van der Waals surface area contributed by atoms with Crippen LogP contribution in [-0.4, -0.2) is 11.5 Å². The van der Waals surface area contributed by atoms with Crippen molar-refractivity contribution >= 4 is 17.8 Å². The summed E-state index contributed by atoms with van der Waals surface area (Å²) in [6, 6.07) is 0. The Kier molecular flexibility index (Phi) is 5.96. The highest BCUT2D eigenvalue weighted by molar-refractivity contribution is 7.94. The normalized spacial score (nSPS) is 9.56. The second-order valence-corrected chi connectivity index (χ2v) is 2.19. The fraction of sp³-hybridized carbons (Fsp3) is 0.750. The van der Waals surface area contributed by atoms with Gasteiger partial charge in [-0.25, -0.2) is 0 Å². The van der Waals surface area contributed by atoms with Gasteiger partial charge in [0.15, 0.2) is 0 Å². The standard InChI is InChI=1S/C4H8O4S/c1-4(5)2-3-9-8-7-6/h6H,2-3H2,1H3/p-1. The number of carbonyl (C=O) groups is 1. The van der Waals surface area contributed by atoms with Crippen LogP contribution in [0, 0.1) is 0 Å². The molecular weight excluding hydrogens is 144 g/mol. The lowest BCUT2D eigenvalue weighted by molar-refractivity contribution is -0.777. The maximum atomic E-state index is 10.2. The van der Waals surface area contributed by atoms with Crippen molar-refractivity contribution in [3.8, 4) is 0 Å². The summed E-state index contributed by atoms with van der Waals surface area (Å²) in [5.74, 6) is 0.523. The van der Waals surface area contributed by atoms with Gasteiger partial charge in [0.2, 0.25) is 0 Å². The molecule has 0 aliphatic carbocycles. The van der Waals surface area contributed by atoms with Crippen LogP contribution in [0.3, 0.4) is 0 Å². The van der Waals surface area contributed by atoms with Gasteiger partial charge in [0.25, 0.3) is 0 Å². The van der Waals surface area contributed by atoms with Crippen LogP contribution in [0.1, 0.15) is 13.3 Å². The molecule has 0 rings (SSSR count). The first-order valence-corrected chi connectivity index (χ1v) is 3.26. The molecule has 9 heavy (non-hydrogen) atoms. The van der Waals surface area contributed by atoms with E-state index in [1.165, 1.54) is 6.92 Å². The van der Waals surface area contributed by atoms with Crippen molar-refractivity contribution in [3.63, 3.8) is 0 Å². The van der Waals surface area contributed by atoms with Crippen molar-refractivity contribution < 1.29 is 19.4 Å². The van der Waals surface area contributed by atoms with Crippen molar-refractivity contribution in [2.45, 2.75) is 13.3 Å². The van der Waals surface area contributed by atoms with Gasteiger partial charge < -0.3 is 5.26 Å². The van der Waals surface area contributed by atoms with E-state index in [4.69, 9.17) is 5.26 Å². The largest absolute Gasteiger partial charge is 0.691 e. The van der Waals surface area contributed by atoms with Crippen molar-refractivity contribution in [1.29, 1.82) is 0 Å². The van der Waals surface area contributed by atoms with Crippen LogP contribution in [0.25, 0.3) is 0 Å². The van der Waals surface area contributed by atoms with Gasteiger partial charge in [-0.1, -0.05) is 0 Å². The Hall–Kier alpha value is -0.100. The molecule has 0 bridgehead atoms. The second-order valence-electron chi connectivity index (χ2n) is 1.41. The van der Waals surface area contributed by atoms with Crippen molar-refractivity contribution in [3.05, 3.63) is 0 Å². The van der Waals surface area contributed by atoms with Crippen LogP contribution in [0.15, 0.2) is 0 Å². The third-order valence-electron chi connectivity index (χ3n) is 0.613. The van der Waals surface area contributed by atoms with Gasteiger partial charge in [0, 0.05) is 24.2 Å². The van der Waals surface area contributed by atoms with Gasteiger partial charge >= 0.3 is 0 Å². The quantitative estimate of drug-likeness (QED) is 0.236. The van der Waals surface area contributed by atoms with E-state index in [0.717, 1.165) is 12.0 Å². The molecule has 0 N–H and O–H groups in total. The zero-order valence-electron chi connectivity index (χ0n) is 4.96. The van der Waals surface area contributed by atoms with Crippen LogP contribution in [-0.2, 0) is 14.2 Å². The molecule has 0 aromatic carbocycles. The summed E-state index contributed by atoms with van der Waals surface area (Å²) < 4.78 is 3.89. The van der Waals surface area contributed by atoms with E-state index in [-0.39, 0.29) is 5.78 Å². The lowest BCUT2D eigenvalue weighted by atomic mass is 10.4. The number of hydrogen-bond acceptors (Lipinski definition) is 5. The molecule has 0 amide bonds. The Balaban J connectivity index is 2.83. The van der Waals surface area contributed by atoms with Crippen molar-refractivity contribution in [1.82, 2.24) is 0 Å². The van der Waals surface area contributed by atoms with E-state index < -0.39 is 0 Å². The molecule has 0 aromatic heterocycles. The highest BCUT2D eigenvalue weighted by atomic mass is 32.2. The fourth-order valence-corrected chi connectivity index (χ4v) is 0.717. The minimum absolute atomic E-state index is 0.0667. The number of hydrogen-bond donors (Lipinski definition) is 0. The molecule has 0 saturated heterocycles. The number of ketones is 1. The molecule has 0 radical (unpaired) electrons. The topological polar surface area (TPSA) is 58.6 Å². The minimum Gasteiger partial charge on any atom is -0.691 e. The smallest absolute Gasteiger partial charge is 0.130 e. The lowest BCUT2D eigenvalue weighted by Gasteiger charge is -2.01. The summed E-state index contributed by atoms with van der Waals surface area (Å²) in [6.45, 7) is 1.47. The average Bonchev–Trinajstić information content (AvgIpc) is 1.80. The summed E-state index contributed by atoms with van der Waals surface area (Å²) in [6.07, 6.45) is 0.397. The highest BCUT2D eigenvalue weighted by Gasteiger charge is 1.92. The summed E-state index contributed by atoms with van der Waals surface area (Å²) in [4.78, 5) is 10.2. The van der Waals surface area contributed by atoms with Gasteiger partial charge in [0.05, 0.1) is 0 Å². The number of Topliss-reactive ketones (excluding diaryl/α,β-unsaturated/α-hetero) is 1. The van der Waals surface area contributed by atoms with Crippen LogP contribution in [0.5, 0.6) is 0 Å². The van der Waals surface area contributed by atoms with E-state index in [1.807, 2.05) is 0 Å². The predicted molar refractivity (Wildman–Crippen MR) is 29.9 cm³/mol. The maximum absolute atomic E-state index is 10.2. The molecule has 0 heterocycles. The minimum atomic E-state index is 0.0667. The molecule has 4 nitrogen and oxygen atoms in total. The Morgan fingerprint density at radius 3 is 2.89 bits per heavy atom. The molecule has 0 aliphatic rings. The van der Waals surface area contributed by atoms with E-state index in [1.54, 1.807) is 0 Å². The zero-order valence-corrected chi connectivity index (χ0v) is 5.77. The Bertz CT molecular complexity index is 84.6. The van der Waals surface area contributed by atoms with Crippen LogP contribution in [0.2, 0.25) is 0 Å². The zero-order chi connectivity index (χ0) is 7.11. The Morgan fingerprint density at radius 2 is 2.44 bits per heavy atom. The van der Waals surface area contributed by atoms with Gasteiger partial charge in [-0.05, 0) is 6.92 Å². The molecule has 0 aliphatic heterocycles. The van der Waals surface area contributed by atoms with Crippen LogP contribution < -0.4 is 5.26 Å². The first-order chi connectivity index (χ1) is 4.27. The molecule has 0 saturated carbocycles. The number of carbonyl (C=O) groups excluding carboxylic acids is 1. The van der Waals surface area contributed by atoms with E-state index in [2.05, 4.69) is 9.37 Å². The average molecular weight is 151 g/mol. The predicted octanol–water partition coefficient (Wildman–Crippen LogP) is -0.163. The van der Waals surface area contributed by atoms with Gasteiger partial charge in [-0.3, -0.25) is 9.83 Å². The SMILES string of the molecule is CC(=O)CCSOO[O-]. The van der Waals surface area contributed by atoms with Crippen LogP contribution >= 0.6 is 12.0 Å². The number of rotatable bonds is 5. The summed E-state index contributed by atoms with van der Waals surface area (Å²) in [7, 11) is 0. The molecule has 5 heteroatoms. The fourth-order valence-electron chi connectivity index (χ4n) is 0.239. The molecule has 0 unspecified atom stereocenters. The molecule has 0 aromatic rings. The van der Waals surface area contributed by atoms with Gasteiger partial charge in [0.1, 0.15) is 5.78 Å². The first-order valence-electron chi connectivity index (χ1n) is 2.35. The van der Waals surface area contributed by atoms with E-state index in [0.29, 0.717) is 12.2 Å². The summed E-state index contributed by atoms with van der Waals surface area (Å²) in [5, 5.41) is 12.2. The Labute approximate surface area is 57.2 Å². The molecule has 0 atom stereocenters.